The minimum Gasteiger partial charge on any atom is -0.423 e. The summed E-state index contributed by atoms with van der Waals surface area (Å²) in [5, 5.41) is 0. The van der Waals surface area contributed by atoms with Crippen molar-refractivity contribution in [1.82, 2.24) is 0 Å². The molecule has 0 N–H and O–H groups in total. The standard InChI is InChI=1S/C26H30O8/c1-14(2)15(3)26(20-8-10-22(31-16(4)27)24(12-20)33-18(6)29)21-9-11-23(32-17(5)28)25(13-21)34-19(7)30/h8-15,26H,1-7H3. The van der Waals surface area contributed by atoms with Crippen molar-refractivity contribution in [3.63, 3.8) is 0 Å². The molecule has 0 heterocycles. The second kappa shape index (κ2) is 11.4. The van der Waals surface area contributed by atoms with Crippen LogP contribution in [0.25, 0.3) is 0 Å². The van der Waals surface area contributed by atoms with Gasteiger partial charge in [-0.3, -0.25) is 19.2 Å². The molecule has 0 aromatic heterocycles. The van der Waals surface area contributed by atoms with Crippen molar-refractivity contribution in [2.75, 3.05) is 0 Å². The Balaban J connectivity index is 2.67. The molecule has 0 radical (unpaired) electrons. The van der Waals surface area contributed by atoms with Gasteiger partial charge in [0.15, 0.2) is 23.0 Å². The minimum atomic E-state index is -0.554. The quantitative estimate of drug-likeness (QED) is 0.400. The summed E-state index contributed by atoms with van der Waals surface area (Å²) in [7, 11) is 0. The maximum absolute atomic E-state index is 11.7. The molecule has 0 aliphatic rings. The van der Waals surface area contributed by atoms with Gasteiger partial charge in [-0.2, -0.15) is 0 Å². The van der Waals surface area contributed by atoms with Crippen molar-refractivity contribution < 1.29 is 38.1 Å². The lowest BCUT2D eigenvalue weighted by Gasteiger charge is -2.29. The fourth-order valence-corrected chi connectivity index (χ4v) is 3.57. The van der Waals surface area contributed by atoms with E-state index in [2.05, 4.69) is 20.8 Å². The molecule has 1 atom stereocenters. The topological polar surface area (TPSA) is 105 Å². The highest BCUT2D eigenvalue weighted by Gasteiger charge is 2.27. The summed E-state index contributed by atoms with van der Waals surface area (Å²) in [6.07, 6.45) is 0. The molecule has 0 aliphatic carbocycles. The van der Waals surface area contributed by atoms with Crippen molar-refractivity contribution in [3.05, 3.63) is 47.5 Å². The van der Waals surface area contributed by atoms with Crippen LogP contribution >= 0.6 is 0 Å². The Hall–Kier alpha value is -3.68. The van der Waals surface area contributed by atoms with E-state index in [1.807, 2.05) is 0 Å². The molecule has 0 saturated carbocycles. The second-order valence-electron chi connectivity index (χ2n) is 8.37. The molecule has 8 heteroatoms. The summed E-state index contributed by atoms with van der Waals surface area (Å²) in [5.41, 5.74) is 1.59. The molecule has 0 aliphatic heterocycles. The predicted molar refractivity (Wildman–Crippen MR) is 124 cm³/mol. The minimum absolute atomic E-state index is 0.0921. The molecular weight excluding hydrogens is 440 g/mol. The van der Waals surface area contributed by atoms with E-state index in [0.717, 1.165) is 11.1 Å². The van der Waals surface area contributed by atoms with Crippen molar-refractivity contribution in [2.24, 2.45) is 11.8 Å². The lowest BCUT2D eigenvalue weighted by atomic mass is 9.76. The SMILES string of the molecule is CC(=O)Oc1ccc(C(c2ccc(OC(C)=O)c(OC(C)=O)c2)C(C)C(C)C)cc1OC(C)=O. The van der Waals surface area contributed by atoms with Crippen LogP contribution in [-0.2, 0) is 19.2 Å². The predicted octanol–water partition coefficient (Wildman–Crippen LogP) is 4.81. The van der Waals surface area contributed by atoms with Gasteiger partial charge in [-0.1, -0.05) is 32.9 Å². The zero-order valence-electron chi connectivity index (χ0n) is 20.5. The third-order valence-electron chi connectivity index (χ3n) is 5.25. The summed E-state index contributed by atoms with van der Waals surface area (Å²) in [4.78, 5) is 46.3. The van der Waals surface area contributed by atoms with E-state index in [1.54, 1.807) is 36.4 Å². The molecule has 2 rings (SSSR count). The molecule has 0 fully saturated rings. The van der Waals surface area contributed by atoms with E-state index in [9.17, 15) is 19.2 Å². The Morgan fingerprint density at radius 2 is 0.882 bits per heavy atom. The molecule has 0 saturated heterocycles. The van der Waals surface area contributed by atoms with Crippen molar-refractivity contribution in [1.29, 1.82) is 0 Å². The van der Waals surface area contributed by atoms with E-state index >= 15 is 0 Å². The van der Waals surface area contributed by atoms with Gasteiger partial charge in [0.2, 0.25) is 0 Å². The highest BCUT2D eigenvalue weighted by molar-refractivity contribution is 5.75. The van der Waals surface area contributed by atoms with Crippen LogP contribution in [0.4, 0.5) is 0 Å². The fraction of sp³-hybridized carbons (Fsp3) is 0.385. The van der Waals surface area contributed by atoms with Crippen LogP contribution in [0.2, 0.25) is 0 Å². The Bertz CT molecular complexity index is 1010. The number of ether oxygens (including phenoxy) is 4. The normalized spacial score (nSPS) is 11.7. The second-order valence-corrected chi connectivity index (χ2v) is 8.37. The number of rotatable bonds is 8. The van der Waals surface area contributed by atoms with Crippen LogP contribution in [0, 0.1) is 11.8 Å². The first kappa shape index (κ1) is 26.6. The molecule has 0 amide bonds. The van der Waals surface area contributed by atoms with Gasteiger partial charge in [-0.05, 0) is 47.2 Å². The Morgan fingerprint density at radius 3 is 1.18 bits per heavy atom. The summed E-state index contributed by atoms with van der Waals surface area (Å²) in [6, 6.07) is 10.1. The molecule has 34 heavy (non-hydrogen) atoms. The lowest BCUT2D eigenvalue weighted by molar-refractivity contribution is -0.134. The number of benzene rings is 2. The molecule has 8 nitrogen and oxygen atoms in total. The number of hydrogen-bond acceptors (Lipinski definition) is 8. The highest BCUT2D eigenvalue weighted by Crippen LogP contribution is 2.42. The molecule has 182 valence electrons. The molecular formula is C26H30O8. The van der Waals surface area contributed by atoms with Gasteiger partial charge >= 0.3 is 23.9 Å². The molecule has 1 unspecified atom stereocenters. The van der Waals surface area contributed by atoms with Crippen LogP contribution < -0.4 is 18.9 Å². The Morgan fingerprint density at radius 1 is 0.559 bits per heavy atom. The zero-order valence-corrected chi connectivity index (χ0v) is 20.5. The maximum Gasteiger partial charge on any atom is 0.308 e. The van der Waals surface area contributed by atoms with E-state index in [-0.39, 0.29) is 40.8 Å². The molecule has 0 spiro atoms. The third kappa shape index (κ3) is 7.16. The highest BCUT2D eigenvalue weighted by atomic mass is 16.6. The van der Waals surface area contributed by atoms with Gasteiger partial charge in [-0.15, -0.1) is 0 Å². The van der Waals surface area contributed by atoms with Gasteiger partial charge < -0.3 is 18.9 Å². The molecule has 2 aromatic rings. The average molecular weight is 471 g/mol. The molecule has 2 aromatic carbocycles. The number of carbonyl (C=O) groups is 4. The maximum atomic E-state index is 11.7. The van der Waals surface area contributed by atoms with Crippen molar-refractivity contribution in [2.45, 2.75) is 54.4 Å². The van der Waals surface area contributed by atoms with Gasteiger partial charge in [-0.25, -0.2) is 0 Å². The Labute approximate surface area is 199 Å². The van der Waals surface area contributed by atoms with E-state index in [0.29, 0.717) is 0 Å². The molecule has 0 bridgehead atoms. The van der Waals surface area contributed by atoms with Gasteiger partial charge in [0, 0.05) is 33.6 Å². The third-order valence-corrected chi connectivity index (χ3v) is 5.25. The van der Waals surface area contributed by atoms with Gasteiger partial charge in [0.05, 0.1) is 0 Å². The van der Waals surface area contributed by atoms with Crippen LogP contribution in [0.3, 0.4) is 0 Å². The van der Waals surface area contributed by atoms with Gasteiger partial charge in [0.1, 0.15) is 0 Å². The summed E-state index contributed by atoms with van der Waals surface area (Å²) in [5.74, 6) is -1.56. The summed E-state index contributed by atoms with van der Waals surface area (Å²) < 4.78 is 21.0. The van der Waals surface area contributed by atoms with E-state index in [4.69, 9.17) is 18.9 Å². The van der Waals surface area contributed by atoms with E-state index < -0.39 is 23.9 Å². The first-order valence-electron chi connectivity index (χ1n) is 10.9. The van der Waals surface area contributed by atoms with Crippen LogP contribution in [-0.4, -0.2) is 23.9 Å². The zero-order chi connectivity index (χ0) is 25.6. The van der Waals surface area contributed by atoms with Crippen LogP contribution in [0.1, 0.15) is 65.5 Å². The first-order valence-corrected chi connectivity index (χ1v) is 10.9. The van der Waals surface area contributed by atoms with E-state index in [1.165, 1.54) is 27.7 Å². The van der Waals surface area contributed by atoms with Gasteiger partial charge in [0.25, 0.3) is 0 Å². The largest absolute Gasteiger partial charge is 0.423 e. The fourth-order valence-electron chi connectivity index (χ4n) is 3.57. The summed E-state index contributed by atoms with van der Waals surface area (Å²) in [6.45, 7) is 11.3. The Kier molecular flexibility index (Phi) is 8.95. The first-order chi connectivity index (χ1) is 15.9. The number of esters is 4. The number of carbonyl (C=O) groups excluding carboxylic acids is 4. The van der Waals surface area contributed by atoms with Crippen LogP contribution in [0.5, 0.6) is 23.0 Å². The van der Waals surface area contributed by atoms with Crippen molar-refractivity contribution in [3.8, 4) is 23.0 Å². The van der Waals surface area contributed by atoms with Crippen molar-refractivity contribution >= 4 is 23.9 Å². The smallest absolute Gasteiger partial charge is 0.308 e. The number of hydrogen-bond donors (Lipinski definition) is 0. The average Bonchev–Trinajstić information content (AvgIpc) is 2.70. The van der Waals surface area contributed by atoms with Crippen LogP contribution in [0.15, 0.2) is 36.4 Å². The summed E-state index contributed by atoms with van der Waals surface area (Å²) >= 11 is 0. The lowest BCUT2D eigenvalue weighted by Crippen LogP contribution is -2.18. The monoisotopic (exact) mass is 470 g/mol.